The van der Waals surface area contributed by atoms with Crippen molar-refractivity contribution < 1.29 is 4.39 Å². The van der Waals surface area contributed by atoms with Crippen molar-refractivity contribution in [1.29, 1.82) is 0 Å². The molecule has 1 saturated heterocycles. The highest BCUT2D eigenvalue weighted by atomic mass is 19.1. The van der Waals surface area contributed by atoms with Gasteiger partial charge in [-0.1, -0.05) is 13.8 Å². The maximum absolute atomic E-state index is 13.9. The van der Waals surface area contributed by atoms with E-state index in [0.717, 1.165) is 13.1 Å². The number of nitrogens with zero attached hydrogens (tertiary/aromatic N) is 1. The molecule has 0 radical (unpaired) electrons. The number of piperidine rings is 1. The molecule has 0 aliphatic carbocycles. The Labute approximate surface area is 94.2 Å². The normalized spacial score (nSPS) is 21.0. The van der Waals surface area contributed by atoms with Crippen LogP contribution < -0.4 is 5.32 Å². The van der Waals surface area contributed by atoms with Crippen LogP contribution >= 0.6 is 0 Å². The molecule has 0 aromatic heterocycles. The molecular weight excluding hydrogens is 191 g/mol. The first-order valence-electron chi connectivity index (χ1n) is 6.15. The first kappa shape index (κ1) is 14.8. The van der Waals surface area contributed by atoms with Gasteiger partial charge in [0.1, 0.15) is 5.67 Å². The number of nitrogens with one attached hydrogen (secondary N) is 1. The molecule has 92 valence electrons. The minimum Gasteiger partial charge on any atom is -0.317 e. The lowest BCUT2D eigenvalue weighted by Gasteiger charge is -2.38. The summed E-state index contributed by atoms with van der Waals surface area (Å²) < 4.78 is 13.9. The molecule has 0 aromatic carbocycles. The fraction of sp³-hybridized carbons (Fsp3) is 1.00. The fourth-order valence-corrected chi connectivity index (χ4v) is 1.93. The van der Waals surface area contributed by atoms with Gasteiger partial charge in [-0.2, -0.15) is 0 Å². The van der Waals surface area contributed by atoms with Gasteiger partial charge in [0.05, 0.1) is 0 Å². The number of alkyl halides is 1. The van der Waals surface area contributed by atoms with Gasteiger partial charge in [0.25, 0.3) is 0 Å². The van der Waals surface area contributed by atoms with Crippen molar-refractivity contribution in [3.05, 3.63) is 0 Å². The van der Waals surface area contributed by atoms with Gasteiger partial charge in [-0.3, -0.25) is 0 Å². The average Bonchev–Trinajstić information content (AvgIpc) is 2.21. The molecule has 0 bridgehead atoms. The molecule has 0 saturated carbocycles. The molecule has 15 heavy (non-hydrogen) atoms. The summed E-state index contributed by atoms with van der Waals surface area (Å²) in [6.45, 7) is 10.6. The van der Waals surface area contributed by atoms with Gasteiger partial charge in [0.2, 0.25) is 0 Å². The van der Waals surface area contributed by atoms with E-state index in [4.69, 9.17) is 0 Å². The molecule has 1 aliphatic rings. The summed E-state index contributed by atoms with van der Waals surface area (Å²) in [4.78, 5) is 2.34. The molecule has 1 heterocycles. The molecule has 1 aliphatic heterocycles. The quantitative estimate of drug-likeness (QED) is 0.783. The predicted octanol–water partition coefficient (Wildman–Crippen LogP) is 2.44. The fourth-order valence-electron chi connectivity index (χ4n) is 1.93. The Morgan fingerprint density at radius 3 is 2.07 bits per heavy atom. The number of halogens is 1. The van der Waals surface area contributed by atoms with Crippen LogP contribution in [-0.4, -0.2) is 43.3 Å². The number of rotatable bonds is 3. The van der Waals surface area contributed by atoms with Gasteiger partial charge >= 0.3 is 0 Å². The minimum atomic E-state index is -0.958. The van der Waals surface area contributed by atoms with Crippen LogP contribution in [0.4, 0.5) is 4.39 Å². The van der Waals surface area contributed by atoms with Gasteiger partial charge in [-0.05, 0) is 33.7 Å². The Balaban J connectivity index is 0.000000921. The Hall–Kier alpha value is -0.150. The summed E-state index contributed by atoms with van der Waals surface area (Å²) in [5.74, 6) is 0. The molecule has 1 fully saturated rings. The van der Waals surface area contributed by atoms with Crippen molar-refractivity contribution in [2.24, 2.45) is 0 Å². The summed E-state index contributed by atoms with van der Waals surface area (Å²) >= 11 is 0. The van der Waals surface area contributed by atoms with Crippen molar-refractivity contribution in [1.82, 2.24) is 10.2 Å². The van der Waals surface area contributed by atoms with E-state index < -0.39 is 5.67 Å². The smallest absolute Gasteiger partial charge is 0.125 e. The summed E-state index contributed by atoms with van der Waals surface area (Å²) in [7, 11) is 1.82. The third kappa shape index (κ3) is 4.94. The van der Waals surface area contributed by atoms with E-state index in [2.05, 4.69) is 24.1 Å². The van der Waals surface area contributed by atoms with Crippen LogP contribution in [-0.2, 0) is 0 Å². The second kappa shape index (κ2) is 7.18. The van der Waals surface area contributed by atoms with Crippen molar-refractivity contribution in [3.8, 4) is 0 Å². The van der Waals surface area contributed by atoms with Gasteiger partial charge in [0.15, 0.2) is 0 Å². The summed E-state index contributed by atoms with van der Waals surface area (Å²) in [6, 6.07) is 0.555. The molecule has 2 nitrogen and oxygen atoms in total. The zero-order valence-corrected chi connectivity index (χ0v) is 10.9. The Kier molecular flexibility index (Phi) is 7.11. The van der Waals surface area contributed by atoms with Crippen LogP contribution in [0.15, 0.2) is 0 Å². The van der Waals surface area contributed by atoms with E-state index in [1.807, 2.05) is 20.9 Å². The van der Waals surface area contributed by atoms with Gasteiger partial charge in [-0.25, -0.2) is 4.39 Å². The summed E-state index contributed by atoms with van der Waals surface area (Å²) in [6.07, 6.45) is 1.35. The zero-order chi connectivity index (χ0) is 11.9. The van der Waals surface area contributed by atoms with Crippen molar-refractivity contribution in [3.63, 3.8) is 0 Å². The number of hydrogen-bond acceptors (Lipinski definition) is 2. The molecule has 1 N–H and O–H groups in total. The molecule has 0 atom stereocenters. The third-order valence-electron chi connectivity index (χ3n) is 2.92. The Morgan fingerprint density at radius 2 is 1.73 bits per heavy atom. The first-order chi connectivity index (χ1) is 7.07. The monoisotopic (exact) mass is 218 g/mol. The van der Waals surface area contributed by atoms with Crippen LogP contribution in [0.1, 0.15) is 40.5 Å². The largest absolute Gasteiger partial charge is 0.317 e. The second-order valence-electron chi connectivity index (χ2n) is 4.31. The van der Waals surface area contributed by atoms with E-state index >= 15 is 0 Å². The van der Waals surface area contributed by atoms with Crippen molar-refractivity contribution in [2.45, 2.75) is 52.2 Å². The number of likely N-dealkylation sites (tertiary alicyclic amines) is 1. The second-order valence-corrected chi connectivity index (χ2v) is 4.31. The van der Waals surface area contributed by atoms with Crippen LogP contribution in [0.5, 0.6) is 0 Å². The summed E-state index contributed by atoms with van der Waals surface area (Å²) in [5.41, 5.74) is -0.958. The maximum atomic E-state index is 13.9. The molecule has 0 unspecified atom stereocenters. The van der Waals surface area contributed by atoms with Crippen molar-refractivity contribution in [2.75, 3.05) is 26.7 Å². The van der Waals surface area contributed by atoms with Gasteiger partial charge in [0, 0.05) is 25.7 Å². The van der Waals surface area contributed by atoms with Gasteiger partial charge in [-0.15, -0.1) is 0 Å². The minimum absolute atomic E-state index is 0.499. The number of hydrogen-bond donors (Lipinski definition) is 1. The third-order valence-corrected chi connectivity index (χ3v) is 2.92. The van der Waals surface area contributed by atoms with Crippen LogP contribution in [0.2, 0.25) is 0 Å². The highest BCUT2D eigenvalue weighted by molar-refractivity contribution is 4.88. The van der Waals surface area contributed by atoms with E-state index in [9.17, 15) is 4.39 Å². The lowest BCUT2D eigenvalue weighted by atomic mass is 9.92. The van der Waals surface area contributed by atoms with E-state index in [0.29, 0.717) is 25.4 Å². The van der Waals surface area contributed by atoms with Crippen molar-refractivity contribution >= 4 is 0 Å². The van der Waals surface area contributed by atoms with Crippen LogP contribution in [0.25, 0.3) is 0 Å². The molecule has 0 amide bonds. The molecule has 0 aromatic rings. The topological polar surface area (TPSA) is 15.3 Å². The highest BCUT2D eigenvalue weighted by Gasteiger charge is 2.34. The zero-order valence-electron chi connectivity index (χ0n) is 10.9. The van der Waals surface area contributed by atoms with E-state index in [-0.39, 0.29) is 0 Å². The average molecular weight is 218 g/mol. The van der Waals surface area contributed by atoms with Crippen LogP contribution in [0, 0.1) is 0 Å². The Morgan fingerprint density at radius 1 is 1.27 bits per heavy atom. The maximum Gasteiger partial charge on any atom is 0.125 e. The lowest BCUT2D eigenvalue weighted by Crippen LogP contribution is -2.48. The summed E-state index contributed by atoms with van der Waals surface area (Å²) in [5, 5.41) is 2.93. The van der Waals surface area contributed by atoms with Crippen LogP contribution in [0.3, 0.4) is 0 Å². The van der Waals surface area contributed by atoms with E-state index in [1.54, 1.807) is 0 Å². The molecular formula is C12H27FN2. The highest BCUT2D eigenvalue weighted by Crippen LogP contribution is 2.26. The van der Waals surface area contributed by atoms with Gasteiger partial charge < -0.3 is 10.2 Å². The molecule has 0 spiro atoms. The lowest BCUT2D eigenvalue weighted by molar-refractivity contribution is 0.0466. The Bertz CT molecular complexity index is 152. The molecule has 1 rings (SSSR count). The standard InChI is InChI=1S/C10H21FN2.C2H6/c1-9(2)13-6-4-10(11,5-7-13)8-12-3;1-2/h9,12H,4-8H2,1-3H3;1-2H3. The molecule has 3 heteroatoms. The van der Waals surface area contributed by atoms with E-state index in [1.165, 1.54) is 0 Å². The SMILES string of the molecule is CC.CNCC1(F)CCN(C(C)C)CC1. The first-order valence-corrected chi connectivity index (χ1v) is 6.15. The predicted molar refractivity (Wildman–Crippen MR) is 65.1 cm³/mol.